The van der Waals surface area contributed by atoms with Gasteiger partial charge in [-0.2, -0.15) is 0 Å². The van der Waals surface area contributed by atoms with E-state index in [1.54, 1.807) is 18.2 Å². The first-order valence-electron chi connectivity index (χ1n) is 6.00. The van der Waals surface area contributed by atoms with Gasteiger partial charge in [-0.25, -0.2) is 4.79 Å². The van der Waals surface area contributed by atoms with Gasteiger partial charge in [0, 0.05) is 6.42 Å². The second-order valence-electron chi connectivity index (χ2n) is 4.60. The zero-order chi connectivity index (χ0) is 14.4. The first kappa shape index (κ1) is 15.0. The molecule has 1 rings (SSSR count). The summed E-state index contributed by atoms with van der Waals surface area (Å²) in [6, 6.07) is 4.96. The second-order valence-corrected chi connectivity index (χ2v) is 4.60. The van der Waals surface area contributed by atoms with Crippen molar-refractivity contribution in [2.75, 3.05) is 13.7 Å². The lowest BCUT2D eigenvalue weighted by Crippen LogP contribution is -2.15. The molecule has 5 nitrogen and oxygen atoms in total. The third-order valence-electron chi connectivity index (χ3n) is 2.40. The summed E-state index contributed by atoms with van der Waals surface area (Å²) in [5.74, 6) is -0.839. The molecule has 0 saturated carbocycles. The molecule has 104 valence electrons. The van der Waals surface area contributed by atoms with Gasteiger partial charge >= 0.3 is 5.97 Å². The summed E-state index contributed by atoms with van der Waals surface area (Å²) in [6.07, 6.45) is -0.155. The van der Waals surface area contributed by atoms with Crippen LogP contribution in [-0.2, 0) is 16.0 Å². The molecule has 0 radical (unpaired) electrons. The van der Waals surface area contributed by atoms with Gasteiger partial charge in [0.25, 0.3) is 0 Å². The largest absolute Gasteiger partial charge is 0.493 e. The van der Waals surface area contributed by atoms with Crippen molar-refractivity contribution >= 4 is 11.8 Å². The molecule has 0 aliphatic carbocycles. The van der Waals surface area contributed by atoms with Crippen LogP contribution in [0.25, 0.3) is 0 Å². The molecule has 1 aromatic rings. The maximum absolute atomic E-state index is 11.2. The number of carboxylic acid groups (broad SMARTS) is 1. The number of rotatable bonds is 7. The maximum atomic E-state index is 11.2. The molecule has 0 spiro atoms. The Morgan fingerprint density at radius 1 is 1.26 bits per heavy atom. The average molecular weight is 266 g/mol. The fourth-order valence-corrected chi connectivity index (χ4v) is 1.46. The average Bonchev–Trinajstić information content (AvgIpc) is 2.36. The second kappa shape index (κ2) is 6.78. The Labute approximate surface area is 112 Å². The molecule has 0 saturated heterocycles. The number of Topliss-reactive ketones (excluding diaryl/α,β-unsaturated/α-hetero) is 1. The van der Waals surface area contributed by atoms with Gasteiger partial charge < -0.3 is 14.6 Å². The van der Waals surface area contributed by atoms with E-state index in [9.17, 15) is 9.59 Å². The zero-order valence-electron chi connectivity index (χ0n) is 11.3. The summed E-state index contributed by atoms with van der Waals surface area (Å²) < 4.78 is 10.7. The fraction of sp³-hybridized carbons (Fsp3) is 0.429. The van der Waals surface area contributed by atoms with E-state index >= 15 is 0 Å². The van der Waals surface area contributed by atoms with E-state index in [4.69, 9.17) is 14.6 Å². The zero-order valence-corrected chi connectivity index (χ0v) is 11.3. The summed E-state index contributed by atoms with van der Waals surface area (Å²) in [5, 5.41) is 8.58. The Hall–Kier alpha value is -2.04. The minimum Gasteiger partial charge on any atom is -0.493 e. The number of hydrogen-bond acceptors (Lipinski definition) is 4. The lowest BCUT2D eigenvalue weighted by molar-refractivity contribution is -0.148. The molecule has 0 fully saturated rings. The van der Waals surface area contributed by atoms with E-state index in [0.29, 0.717) is 29.6 Å². The summed E-state index contributed by atoms with van der Waals surface area (Å²) in [5.41, 5.74) is 0.590. The van der Waals surface area contributed by atoms with Gasteiger partial charge in [0.05, 0.1) is 13.7 Å². The number of hydrogen-bond donors (Lipinski definition) is 1. The fourth-order valence-electron chi connectivity index (χ4n) is 1.46. The van der Waals surface area contributed by atoms with Crippen molar-refractivity contribution in [3.8, 4) is 11.5 Å². The Morgan fingerprint density at radius 3 is 2.47 bits per heavy atom. The van der Waals surface area contributed by atoms with E-state index in [0.717, 1.165) is 0 Å². The highest BCUT2D eigenvalue weighted by Crippen LogP contribution is 2.28. The van der Waals surface area contributed by atoms with Gasteiger partial charge in [-0.3, -0.25) is 4.79 Å². The third-order valence-corrected chi connectivity index (χ3v) is 2.40. The Kier molecular flexibility index (Phi) is 5.36. The Balaban J connectivity index is 2.88. The molecule has 0 heterocycles. The van der Waals surface area contributed by atoms with E-state index in [1.807, 2.05) is 13.8 Å². The number of carbonyl (C=O) groups is 2. The van der Waals surface area contributed by atoms with E-state index < -0.39 is 11.8 Å². The van der Waals surface area contributed by atoms with Crippen molar-refractivity contribution in [2.24, 2.45) is 5.92 Å². The molecular weight excluding hydrogens is 248 g/mol. The molecule has 0 aromatic heterocycles. The maximum Gasteiger partial charge on any atom is 0.372 e. The van der Waals surface area contributed by atoms with E-state index in [2.05, 4.69) is 0 Å². The number of ketones is 1. The molecule has 1 N–H and O–H groups in total. The summed E-state index contributed by atoms with van der Waals surface area (Å²) in [4.78, 5) is 21.7. The van der Waals surface area contributed by atoms with Crippen molar-refractivity contribution in [3.05, 3.63) is 23.8 Å². The van der Waals surface area contributed by atoms with Gasteiger partial charge in [0.2, 0.25) is 5.78 Å². The van der Waals surface area contributed by atoms with Gasteiger partial charge in [0.1, 0.15) is 0 Å². The van der Waals surface area contributed by atoms with Gasteiger partial charge in [-0.1, -0.05) is 19.9 Å². The lowest BCUT2D eigenvalue weighted by Gasteiger charge is -2.13. The van der Waals surface area contributed by atoms with Gasteiger partial charge in [-0.15, -0.1) is 0 Å². The van der Waals surface area contributed by atoms with Crippen LogP contribution >= 0.6 is 0 Å². The highest BCUT2D eigenvalue weighted by atomic mass is 16.5. The molecule has 19 heavy (non-hydrogen) atoms. The quantitative estimate of drug-likeness (QED) is 0.763. The number of carboxylic acids is 1. The summed E-state index contributed by atoms with van der Waals surface area (Å²) >= 11 is 0. The summed E-state index contributed by atoms with van der Waals surface area (Å²) in [6.45, 7) is 4.56. The Morgan fingerprint density at radius 2 is 1.95 bits per heavy atom. The molecule has 0 amide bonds. The smallest absolute Gasteiger partial charge is 0.372 e. The van der Waals surface area contributed by atoms with E-state index in [1.165, 1.54) is 7.11 Å². The minimum absolute atomic E-state index is 0.155. The predicted octanol–water partition coefficient (Wildman–Crippen LogP) is 1.93. The van der Waals surface area contributed by atoms with Crippen molar-refractivity contribution in [1.29, 1.82) is 0 Å². The number of ether oxygens (including phenoxy) is 2. The monoisotopic (exact) mass is 266 g/mol. The van der Waals surface area contributed by atoms with Crippen molar-refractivity contribution in [1.82, 2.24) is 0 Å². The van der Waals surface area contributed by atoms with Crippen LogP contribution in [0.4, 0.5) is 0 Å². The first-order valence-corrected chi connectivity index (χ1v) is 6.00. The van der Waals surface area contributed by atoms with Crippen LogP contribution in [0.2, 0.25) is 0 Å². The number of methoxy groups -OCH3 is 1. The molecule has 0 bridgehead atoms. The SMILES string of the molecule is COc1ccc(CC(=O)C(=O)O)cc1OCC(C)C. The van der Waals surface area contributed by atoms with Gasteiger partial charge in [0.15, 0.2) is 11.5 Å². The van der Waals surface area contributed by atoms with Gasteiger partial charge in [-0.05, 0) is 23.6 Å². The van der Waals surface area contributed by atoms with Crippen LogP contribution in [0.1, 0.15) is 19.4 Å². The number of carbonyl (C=O) groups excluding carboxylic acids is 1. The third kappa shape index (κ3) is 4.62. The van der Waals surface area contributed by atoms with Crippen molar-refractivity contribution < 1.29 is 24.2 Å². The van der Waals surface area contributed by atoms with Crippen LogP contribution in [-0.4, -0.2) is 30.6 Å². The van der Waals surface area contributed by atoms with Crippen molar-refractivity contribution in [3.63, 3.8) is 0 Å². The molecule has 1 aromatic carbocycles. The van der Waals surface area contributed by atoms with Crippen LogP contribution in [0.15, 0.2) is 18.2 Å². The lowest BCUT2D eigenvalue weighted by atomic mass is 10.1. The highest BCUT2D eigenvalue weighted by Gasteiger charge is 2.14. The molecule has 5 heteroatoms. The molecular formula is C14H18O5. The molecule has 0 aliphatic rings. The molecule has 0 aliphatic heterocycles. The standard InChI is InChI=1S/C14H18O5/c1-9(2)8-19-13-7-10(4-5-12(13)18-3)6-11(15)14(16)17/h4-5,7,9H,6,8H2,1-3H3,(H,16,17). The Bertz CT molecular complexity index is 465. The number of benzene rings is 1. The van der Waals surface area contributed by atoms with Crippen LogP contribution in [0.3, 0.4) is 0 Å². The molecule has 0 atom stereocenters. The van der Waals surface area contributed by atoms with Crippen LogP contribution in [0.5, 0.6) is 11.5 Å². The van der Waals surface area contributed by atoms with Crippen molar-refractivity contribution in [2.45, 2.75) is 20.3 Å². The first-order chi connectivity index (χ1) is 8.93. The van der Waals surface area contributed by atoms with Crippen LogP contribution < -0.4 is 9.47 Å². The van der Waals surface area contributed by atoms with Crippen LogP contribution in [0, 0.1) is 5.92 Å². The predicted molar refractivity (Wildman–Crippen MR) is 69.7 cm³/mol. The highest BCUT2D eigenvalue weighted by molar-refractivity contribution is 6.33. The topological polar surface area (TPSA) is 72.8 Å². The number of aliphatic carboxylic acids is 1. The molecule has 0 unspecified atom stereocenters. The minimum atomic E-state index is -1.43. The normalized spacial score (nSPS) is 10.3. The summed E-state index contributed by atoms with van der Waals surface area (Å²) in [7, 11) is 1.53. The van der Waals surface area contributed by atoms with E-state index in [-0.39, 0.29) is 6.42 Å².